The molecule has 6 heteroatoms. The van der Waals surface area contributed by atoms with Crippen molar-refractivity contribution in [2.45, 2.75) is 18.5 Å². The van der Waals surface area contributed by atoms with Crippen LogP contribution in [0.1, 0.15) is 29.6 Å². The van der Waals surface area contributed by atoms with Crippen LogP contribution >= 0.6 is 11.6 Å². The number of ether oxygens (including phenoxy) is 1. The molecule has 0 saturated carbocycles. The molecule has 0 spiro atoms. The van der Waals surface area contributed by atoms with Crippen molar-refractivity contribution in [3.05, 3.63) is 71.0 Å². The first-order valence-electron chi connectivity index (χ1n) is 7.81. The standard InChI is InChI=1S/C18H17ClN4O/c1-24-17-9-5-3-7-13(17)16-10-15(12-6-2-4-8-14(12)19)22-18-20-11-21-23(16)18/h2-9,11,15-16H,10H2,1H3,(H,20,21,22)/t15-,16+/m0/s1. The number of hydrogen-bond acceptors (Lipinski definition) is 4. The summed E-state index contributed by atoms with van der Waals surface area (Å²) in [6.07, 6.45) is 2.38. The summed E-state index contributed by atoms with van der Waals surface area (Å²) in [5, 5.41) is 8.58. The molecule has 1 N–H and O–H groups in total. The molecule has 122 valence electrons. The van der Waals surface area contributed by atoms with Crippen molar-refractivity contribution in [1.29, 1.82) is 0 Å². The predicted octanol–water partition coefficient (Wildman–Crippen LogP) is 4.09. The fourth-order valence-corrected chi connectivity index (χ4v) is 3.55. The highest BCUT2D eigenvalue weighted by Crippen LogP contribution is 2.41. The molecule has 4 rings (SSSR count). The zero-order chi connectivity index (χ0) is 16.5. The maximum Gasteiger partial charge on any atom is 0.222 e. The lowest BCUT2D eigenvalue weighted by Gasteiger charge is -2.32. The van der Waals surface area contributed by atoms with E-state index in [0.29, 0.717) is 0 Å². The van der Waals surface area contributed by atoms with Gasteiger partial charge in [-0.15, -0.1) is 0 Å². The fraction of sp³-hybridized carbons (Fsp3) is 0.222. The van der Waals surface area contributed by atoms with Crippen LogP contribution in [0.4, 0.5) is 5.95 Å². The van der Waals surface area contributed by atoms with Crippen molar-refractivity contribution in [3.8, 4) is 5.75 Å². The molecule has 0 saturated heterocycles. The van der Waals surface area contributed by atoms with Gasteiger partial charge in [-0.25, -0.2) is 4.68 Å². The van der Waals surface area contributed by atoms with Gasteiger partial charge in [-0.1, -0.05) is 48.0 Å². The number of halogens is 1. The molecule has 5 nitrogen and oxygen atoms in total. The molecule has 3 aromatic rings. The van der Waals surface area contributed by atoms with Gasteiger partial charge in [0.15, 0.2) is 0 Å². The third-order valence-corrected chi connectivity index (χ3v) is 4.75. The van der Waals surface area contributed by atoms with Crippen LogP contribution in [0.2, 0.25) is 5.02 Å². The maximum absolute atomic E-state index is 6.40. The van der Waals surface area contributed by atoms with E-state index in [1.807, 2.05) is 47.1 Å². The van der Waals surface area contributed by atoms with Gasteiger partial charge in [0.1, 0.15) is 12.1 Å². The number of methoxy groups -OCH3 is 1. The molecule has 0 unspecified atom stereocenters. The lowest BCUT2D eigenvalue weighted by Crippen LogP contribution is -2.28. The summed E-state index contributed by atoms with van der Waals surface area (Å²) in [6, 6.07) is 16.0. The third kappa shape index (κ3) is 2.51. The highest BCUT2D eigenvalue weighted by molar-refractivity contribution is 6.31. The molecule has 2 atom stereocenters. The number of para-hydroxylation sites is 1. The first-order valence-corrected chi connectivity index (χ1v) is 8.19. The molecule has 0 bridgehead atoms. The quantitative estimate of drug-likeness (QED) is 0.780. The summed E-state index contributed by atoms with van der Waals surface area (Å²) in [7, 11) is 1.69. The minimum atomic E-state index is 0.0289. The summed E-state index contributed by atoms with van der Waals surface area (Å²) in [6.45, 7) is 0. The summed E-state index contributed by atoms with van der Waals surface area (Å²) < 4.78 is 7.45. The van der Waals surface area contributed by atoms with E-state index in [0.717, 1.165) is 34.3 Å². The van der Waals surface area contributed by atoms with Gasteiger partial charge in [0.25, 0.3) is 0 Å². The van der Waals surface area contributed by atoms with Crippen LogP contribution in [0.5, 0.6) is 5.75 Å². The molecule has 0 amide bonds. The Hall–Kier alpha value is -2.53. The van der Waals surface area contributed by atoms with Crippen LogP contribution in [-0.2, 0) is 0 Å². The van der Waals surface area contributed by atoms with E-state index in [1.165, 1.54) is 0 Å². The topological polar surface area (TPSA) is 52.0 Å². The number of nitrogens with one attached hydrogen (secondary N) is 1. The van der Waals surface area contributed by atoms with E-state index in [4.69, 9.17) is 16.3 Å². The molecule has 24 heavy (non-hydrogen) atoms. The van der Waals surface area contributed by atoms with Crippen molar-refractivity contribution in [2.75, 3.05) is 12.4 Å². The first-order chi connectivity index (χ1) is 11.8. The Morgan fingerprint density at radius 3 is 2.67 bits per heavy atom. The number of nitrogens with zero attached hydrogens (tertiary/aromatic N) is 3. The Labute approximate surface area is 145 Å². The summed E-state index contributed by atoms with van der Waals surface area (Å²) >= 11 is 6.40. The van der Waals surface area contributed by atoms with Crippen LogP contribution in [0.25, 0.3) is 0 Å². The summed E-state index contributed by atoms with van der Waals surface area (Å²) in [5.41, 5.74) is 2.15. The van der Waals surface area contributed by atoms with Gasteiger partial charge in [0.2, 0.25) is 5.95 Å². The smallest absolute Gasteiger partial charge is 0.222 e. The van der Waals surface area contributed by atoms with Crippen molar-refractivity contribution in [2.24, 2.45) is 0 Å². The maximum atomic E-state index is 6.40. The van der Waals surface area contributed by atoms with Crippen molar-refractivity contribution >= 4 is 17.5 Å². The lowest BCUT2D eigenvalue weighted by atomic mass is 9.93. The molecule has 2 aromatic carbocycles. The number of anilines is 1. The highest BCUT2D eigenvalue weighted by Gasteiger charge is 2.32. The second-order valence-corrected chi connectivity index (χ2v) is 6.15. The Bertz CT molecular complexity index is 863. The van der Waals surface area contributed by atoms with Crippen LogP contribution in [0.15, 0.2) is 54.9 Å². The first kappa shape index (κ1) is 15.0. The van der Waals surface area contributed by atoms with Gasteiger partial charge >= 0.3 is 0 Å². The van der Waals surface area contributed by atoms with Gasteiger partial charge in [0, 0.05) is 10.6 Å². The summed E-state index contributed by atoms with van der Waals surface area (Å²) in [5.74, 6) is 1.59. The SMILES string of the molecule is COc1ccccc1[C@H]1C[C@@H](c2ccccc2Cl)Nc2ncnn21. The Morgan fingerprint density at radius 2 is 1.88 bits per heavy atom. The lowest BCUT2D eigenvalue weighted by molar-refractivity contribution is 0.380. The van der Waals surface area contributed by atoms with Crippen molar-refractivity contribution in [1.82, 2.24) is 14.8 Å². The van der Waals surface area contributed by atoms with Gasteiger partial charge in [-0.05, 0) is 24.1 Å². The van der Waals surface area contributed by atoms with E-state index in [9.17, 15) is 0 Å². The van der Waals surface area contributed by atoms with Gasteiger partial charge < -0.3 is 10.1 Å². The van der Waals surface area contributed by atoms with E-state index in [1.54, 1.807) is 13.4 Å². The third-order valence-electron chi connectivity index (χ3n) is 4.41. The molecule has 2 heterocycles. The highest BCUT2D eigenvalue weighted by atomic mass is 35.5. The van der Waals surface area contributed by atoms with E-state index < -0.39 is 0 Å². The molecule has 1 aliphatic rings. The average molecular weight is 341 g/mol. The number of rotatable bonds is 3. The molecule has 0 radical (unpaired) electrons. The largest absolute Gasteiger partial charge is 0.496 e. The van der Waals surface area contributed by atoms with Crippen LogP contribution in [0.3, 0.4) is 0 Å². The van der Waals surface area contributed by atoms with E-state index >= 15 is 0 Å². The Balaban J connectivity index is 1.79. The molecular formula is C18H17ClN4O. The number of aromatic nitrogens is 3. The van der Waals surface area contributed by atoms with E-state index in [2.05, 4.69) is 21.5 Å². The summed E-state index contributed by atoms with van der Waals surface area (Å²) in [4.78, 5) is 4.35. The Kier molecular flexibility index (Phi) is 3.86. The van der Waals surface area contributed by atoms with Crippen molar-refractivity contribution in [3.63, 3.8) is 0 Å². The molecule has 0 fully saturated rings. The monoisotopic (exact) mass is 340 g/mol. The minimum absolute atomic E-state index is 0.0289. The van der Waals surface area contributed by atoms with Gasteiger partial charge in [-0.2, -0.15) is 10.1 Å². The van der Waals surface area contributed by atoms with Crippen LogP contribution in [-0.4, -0.2) is 21.9 Å². The number of hydrogen-bond donors (Lipinski definition) is 1. The normalized spacial score (nSPS) is 19.4. The predicted molar refractivity (Wildman–Crippen MR) is 93.6 cm³/mol. The zero-order valence-corrected chi connectivity index (χ0v) is 13.9. The van der Waals surface area contributed by atoms with Crippen molar-refractivity contribution < 1.29 is 4.74 Å². The number of fused-ring (bicyclic) bond motifs is 1. The van der Waals surface area contributed by atoms with Crippen LogP contribution < -0.4 is 10.1 Å². The second kappa shape index (κ2) is 6.17. The Morgan fingerprint density at radius 1 is 1.12 bits per heavy atom. The number of benzene rings is 2. The molecule has 1 aliphatic heterocycles. The minimum Gasteiger partial charge on any atom is -0.496 e. The molecular weight excluding hydrogens is 324 g/mol. The van der Waals surface area contributed by atoms with Gasteiger partial charge in [0.05, 0.1) is 19.2 Å². The fourth-order valence-electron chi connectivity index (χ4n) is 3.28. The van der Waals surface area contributed by atoms with Gasteiger partial charge in [-0.3, -0.25) is 0 Å². The molecule has 0 aliphatic carbocycles. The zero-order valence-electron chi connectivity index (χ0n) is 13.2. The van der Waals surface area contributed by atoms with E-state index in [-0.39, 0.29) is 12.1 Å². The average Bonchev–Trinajstić information content (AvgIpc) is 3.10. The van der Waals surface area contributed by atoms with Crippen LogP contribution in [0, 0.1) is 0 Å². The molecule has 1 aromatic heterocycles. The second-order valence-electron chi connectivity index (χ2n) is 5.74.